The first-order valence-corrected chi connectivity index (χ1v) is 5.50. The molecule has 1 fully saturated rings. The number of hydrogen-bond acceptors (Lipinski definition) is 4. The summed E-state index contributed by atoms with van der Waals surface area (Å²) in [5, 5.41) is 6.77. The van der Waals surface area contributed by atoms with Crippen LogP contribution in [0.2, 0.25) is 0 Å². The van der Waals surface area contributed by atoms with Crippen LogP contribution in [0.3, 0.4) is 0 Å². The Hall–Kier alpha value is -1.16. The van der Waals surface area contributed by atoms with Gasteiger partial charge in [0.2, 0.25) is 0 Å². The third-order valence-corrected chi connectivity index (χ3v) is 3.06. The second kappa shape index (κ2) is 4.57. The van der Waals surface area contributed by atoms with Gasteiger partial charge in [0.1, 0.15) is 12.1 Å². The van der Waals surface area contributed by atoms with E-state index in [2.05, 4.69) is 27.5 Å². The maximum Gasteiger partial charge on any atom is 0.132 e. The van der Waals surface area contributed by atoms with Gasteiger partial charge in [-0.2, -0.15) is 0 Å². The zero-order valence-electron chi connectivity index (χ0n) is 9.38. The van der Waals surface area contributed by atoms with Gasteiger partial charge in [-0.15, -0.1) is 0 Å². The van der Waals surface area contributed by atoms with Crippen LogP contribution in [0.5, 0.6) is 0 Å². The van der Waals surface area contributed by atoms with Crippen LogP contribution in [0.1, 0.15) is 17.7 Å². The van der Waals surface area contributed by atoms with Gasteiger partial charge in [0.05, 0.1) is 0 Å². The first-order valence-electron chi connectivity index (χ1n) is 5.50. The van der Waals surface area contributed by atoms with Crippen molar-refractivity contribution >= 4 is 5.82 Å². The number of rotatable bonds is 3. The zero-order valence-corrected chi connectivity index (χ0v) is 9.38. The number of aryl methyl sites for hydroxylation is 1. The van der Waals surface area contributed by atoms with E-state index in [0.29, 0.717) is 0 Å². The van der Waals surface area contributed by atoms with Gasteiger partial charge in [0.15, 0.2) is 0 Å². The molecule has 0 spiro atoms. The van der Waals surface area contributed by atoms with E-state index in [1.165, 1.54) is 6.42 Å². The Balaban J connectivity index is 1.95. The molecule has 1 aromatic heterocycles. The summed E-state index contributed by atoms with van der Waals surface area (Å²) in [5.41, 5.74) is 2.21. The Morgan fingerprint density at radius 3 is 3.07 bits per heavy atom. The summed E-state index contributed by atoms with van der Waals surface area (Å²) < 4.78 is 0. The summed E-state index contributed by atoms with van der Waals surface area (Å²) in [4.78, 5) is 8.41. The largest absolute Gasteiger partial charge is 0.369 e. The predicted octanol–water partition coefficient (Wildman–Crippen LogP) is 1.11. The fraction of sp³-hybridized carbons (Fsp3) is 0.636. The van der Waals surface area contributed by atoms with Crippen LogP contribution in [0.15, 0.2) is 6.33 Å². The van der Waals surface area contributed by atoms with Gasteiger partial charge in [-0.3, -0.25) is 0 Å². The molecule has 0 bridgehead atoms. The molecule has 1 unspecified atom stereocenters. The lowest BCUT2D eigenvalue weighted by Gasteiger charge is -2.12. The summed E-state index contributed by atoms with van der Waals surface area (Å²) in [7, 11) is 0. The summed E-state index contributed by atoms with van der Waals surface area (Å²) >= 11 is 0. The quantitative estimate of drug-likeness (QED) is 0.778. The van der Waals surface area contributed by atoms with Crippen LogP contribution in [0, 0.1) is 19.8 Å². The van der Waals surface area contributed by atoms with Crippen molar-refractivity contribution in [2.24, 2.45) is 5.92 Å². The Morgan fingerprint density at radius 2 is 2.33 bits per heavy atom. The minimum Gasteiger partial charge on any atom is -0.369 e. The number of nitrogens with one attached hydrogen (secondary N) is 2. The zero-order chi connectivity index (χ0) is 10.7. The molecule has 1 aliphatic rings. The van der Waals surface area contributed by atoms with Crippen molar-refractivity contribution in [2.45, 2.75) is 20.3 Å². The van der Waals surface area contributed by atoms with E-state index in [1.807, 2.05) is 6.92 Å². The molecule has 1 atom stereocenters. The third kappa shape index (κ3) is 2.45. The highest BCUT2D eigenvalue weighted by Crippen LogP contribution is 2.14. The predicted molar refractivity (Wildman–Crippen MR) is 61.0 cm³/mol. The van der Waals surface area contributed by atoms with Crippen molar-refractivity contribution in [1.82, 2.24) is 15.3 Å². The fourth-order valence-electron chi connectivity index (χ4n) is 1.85. The molecular formula is C11H18N4. The molecular weight excluding hydrogens is 188 g/mol. The molecule has 2 N–H and O–H groups in total. The van der Waals surface area contributed by atoms with Crippen molar-refractivity contribution in [3.05, 3.63) is 17.6 Å². The van der Waals surface area contributed by atoms with E-state index >= 15 is 0 Å². The number of aromatic nitrogens is 2. The molecule has 82 valence electrons. The topological polar surface area (TPSA) is 49.8 Å². The first kappa shape index (κ1) is 10.4. The maximum atomic E-state index is 4.26. The summed E-state index contributed by atoms with van der Waals surface area (Å²) in [6, 6.07) is 0. The molecule has 1 aromatic rings. The van der Waals surface area contributed by atoms with Gasteiger partial charge in [0.25, 0.3) is 0 Å². The van der Waals surface area contributed by atoms with Gasteiger partial charge in [-0.05, 0) is 39.3 Å². The summed E-state index contributed by atoms with van der Waals surface area (Å²) in [6.07, 6.45) is 2.88. The Kier molecular flexibility index (Phi) is 3.16. The Labute approximate surface area is 90.5 Å². The van der Waals surface area contributed by atoms with E-state index < -0.39 is 0 Å². The lowest BCUT2D eigenvalue weighted by molar-refractivity contribution is 0.614. The van der Waals surface area contributed by atoms with E-state index in [0.717, 1.165) is 42.6 Å². The summed E-state index contributed by atoms with van der Waals surface area (Å²) in [6.45, 7) is 7.35. The molecule has 4 heteroatoms. The lowest BCUT2D eigenvalue weighted by Crippen LogP contribution is -2.18. The van der Waals surface area contributed by atoms with Crippen LogP contribution in [-0.4, -0.2) is 29.6 Å². The first-order chi connectivity index (χ1) is 7.27. The maximum absolute atomic E-state index is 4.26. The average Bonchev–Trinajstić information content (AvgIpc) is 2.73. The van der Waals surface area contributed by atoms with Crippen molar-refractivity contribution < 1.29 is 0 Å². The second-order valence-electron chi connectivity index (χ2n) is 4.17. The highest BCUT2D eigenvalue weighted by atomic mass is 15.0. The fourth-order valence-corrected chi connectivity index (χ4v) is 1.85. The molecule has 4 nitrogen and oxygen atoms in total. The molecule has 1 saturated heterocycles. The molecule has 15 heavy (non-hydrogen) atoms. The van der Waals surface area contributed by atoms with E-state index in [-0.39, 0.29) is 0 Å². The lowest BCUT2D eigenvalue weighted by atomic mass is 10.1. The minimum atomic E-state index is 0.736. The number of anilines is 1. The van der Waals surface area contributed by atoms with Crippen LogP contribution in [0.25, 0.3) is 0 Å². The highest BCUT2D eigenvalue weighted by molar-refractivity contribution is 5.44. The van der Waals surface area contributed by atoms with Crippen molar-refractivity contribution in [2.75, 3.05) is 25.0 Å². The Morgan fingerprint density at radius 1 is 1.47 bits per heavy atom. The number of nitrogens with zero attached hydrogens (tertiary/aromatic N) is 2. The second-order valence-corrected chi connectivity index (χ2v) is 4.17. The van der Waals surface area contributed by atoms with Gasteiger partial charge in [-0.25, -0.2) is 9.97 Å². The van der Waals surface area contributed by atoms with Crippen molar-refractivity contribution in [1.29, 1.82) is 0 Å². The SMILES string of the molecule is Cc1ncnc(NCC2CCNC2)c1C. The number of hydrogen-bond donors (Lipinski definition) is 2. The monoisotopic (exact) mass is 206 g/mol. The molecule has 2 rings (SSSR count). The minimum absolute atomic E-state index is 0.736. The van der Waals surface area contributed by atoms with Crippen LogP contribution in [-0.2, 0) is 0 Å². The molecule has 0 saturated carbocycles. The smallest absolute Gasteiger partial charge is 0.132 e. The van der Waals surface area contributed by atoms with Crippen LogP contribution < -0.4 is 10.6 Å². The van der Waals surface area contributed by atoms with Crippen LogP contribution >= 0.6 is 0 Å². The van der Waals surface area contributed by atoms with Gasteiger partial charge >= 0.3 is 0 Å². The van der Waals surface area contributed by atoms with E-state index in [1.54, 1.807) is 6.33 Å². The molecule has 0 aromatic carbocycles. The van der Waals surface area contributed by atoms with Crippen molar-refractivity contribution in [3.8, 4) is 0 Å². The van der Waals surface area contributed by atoms with E-state index in [4.69, 9.17) is 0 Å². The molecule has 0 radical (unpaired) electrons. The molecule has 2 heterocycles. The van der Waals surface area contributed by atoms with Crippen LogP contribution in [0.4, 0.5) is 5.82 Å². The average molecular weight is 206 g/mol. The van der Waals surface area contributed by atoms with Gasteiger partial charge in [-0.1, -0.05) is 0 Å². The van der Waals surface area contributed by atoms with Gasteiger partial charge in [0, 0.05) is 17.8 Å². The van der Waals surface area contributed by atoms with Crippen molar-refractivity contribution in [3.63, 3.8) is 0 Å². The van der Waals surface area contributed by atoms with Gasteiger partial charge < -0.3 is 10.6 Å². The molecule has 1 aliphatic heterocycles. The summed E-state index contributed by atoms with van der Waals surface area (Å²) in [5.74, 6) is 1.72. The highest BCUT2D eigenvalue weighted by Gasteiger charge is 2.14. The standard InChI is InChI=1S/C11H18N4/c1-8-9(2)14-7-15-11(8)13-6-10-3-4-12-5-10/h7,10,12H,3-6H2,1-2H3,(H,13,14,15). The normalized spacial score (nSPS) is 20.5. The molecule has 0 aliphatic carbocycles. The molecule has 0 amide bonds. The Bertz CT molecular complexity index is 331. The van der Waals surface area contributed by atoms with E-state index in [9.17, 15) is 0 Å². The third-order valence-electron chi connectivity index (χ3n) is 3.06.